The molecular formula is C21H19N3O2S. The molecule has 1 fully saturated rings. The van der Waals surface area contributed by atoms with Crippen LogP contribution in [0.5, 0.6) is 0 Å². The molecule has 0 aromatic heterocycles. The van der Waals surface area contributed by atoms with Gasteiger partial charge in [0, 0.05) is 11.7 Å². The zero-order valence-corrected chi connectivity index (χ0v) is 15.4. The Kier molecular flexibility index (Phi) is 4.73. The number of hydrogen-bond donors (Lipinski definition) is 2. The smallest absolute Gasteiger partial charge is 0.241 e. The minimum Gasteiger partial charge on any atom is -0.356 e. The Morgan fingerprint density at radius 3 is 2.30 bits per heavy atom. The fourth-order valence-electron chi connectivity index (χ4n) is 3.61. The van der Waals surface area contributed by atoms with E-state index >= 15 is 0 Å². The highest BCUT2D eigenvalue weighted by Crippen LogP contribution is 2.37. The SMILES string of the molecule is O=C1[C@H]2C[C@@H](NC(=S)Nc3ccccc3)C=C[C@H]2C(=O)N1c1ccccc1. The molecule has 0 unspecified atom stereocenters. The van der Waals surface area contributed by atoms with Crippen molar-refractivity contribution in [2.24, 2.45) is 11.8 Å². The van der Waals surface area contributed by atoms with E-state index in [4.69, 9.17) is 12.2 Å². The number of nitrogens with zero attached hydrogens (tertiary/aromatic N) is 1. The monoisotopic (exact) mass is 377 g/mol. The summed E-state index contributed by atoms with van der Waals surface area (Å²) >= 11 is 5.37. The van der Waals surface area contributed by atoms with Gasteiger partial charge in [-0.15, -0.1) is 0 Å². The average Bonchev–Trinajstić information content (AvgIpc) is 2.93. The topological polar surface area (TPSA) is 61.4 Å². The molecule has 2 amide bonds. The summed E-state index contributed by atoms with van der Waals surface area (Å²) in [7, 11) is 0. The van der Waals surface area contributed by atoms with E-state index in [9.17, 15) is 9.59 Å². The summed E-state index contributed by atoms with van der Waals surface area (Å²) in [5, 5.41) is 6.84. The maximum absolute atomic E-state index is 12.9. The minimum atomic E-state index is -0.397. The number of carbonyl (C=O) groups excluding carboxylic acids is 2. The first-order valence-electron chi connectivity index (χ1n) is 8.87. The normalized spacial score (nSPS) is 23.9. The van der Waals surface area contributed by atoms with Gasteiger partial charge in [0.15, 0.2) is 5.11 Å². The van der Waals surface area contributed by atoms with Crippen LogP contribution < -0.4 is 15.5 Å². The predicted molar refractivity (Wildman–Crippen MR) is 109 cm³/mol. The van der Waals surface area contributed by atoms with Crippen molar-refractivity contribution in [2.45, 2.75) is 12.5 Å². The lowest BCUT2D eigenvalue weighted by molar-refractivity contribution is -0.122. The van der Waals surface area contributed by atoms with Crippen molar-refractivity contribution in [3.8, 4) is 0 Å². The van der Waals surface area contributed by atoms with Crippen LogP contribution in [0.25, 0.3) is 0 Å². The predicted octanol–water partition coefficient (Wildman–Crippen LogP) is 3.11. The number of benzene rings is 2. The van der Waals surface area contributed by atoms with Crippen molar-refractivity contribution < 1.29 is 9.59 Å². The fourth-order valence-corrected chi connectivity index (χ4v) is 3.88. The van der Waals surface area contributed by atoms with E-state index < -0.39 is 5.92 Å². The van der Waals surface area contributed by atoms with E-state index in [-0.39, 0.29) is 23.8 Å². The molecule has 2 N–H and O–H groups in total. The van der Waals surface area contributed by atoms with Gasteiger partial charge < -0.3 is 10.6 Å². The van der Waals surface area contributed by atoms with Crippen LogP contribution in [0.15, 0.2) is 72.8 Å². The molecule has 6 heteroatoms. The highest BCUT2D eigenvalue weighted by atomic mass is 32.1. The highest BCUT2D eigenvalue weighted by molar-refractivity contribution is 7.80. The van der Waals surface area contributed by atoms with Crippen molar-refractivity contribution in [1.29, 1.82) is 0 Å². The van der Waals surface area contributed by atoms with Crippen LogP contribution in [-0.2, 0) is 9.59 Å². The van der Waals surface area contributed by atoms with Crippen molar-refractivity contribution in [3.05, 3.63) is 72.8 Å². The van der Waals surface area contributed by atoms with Crippen LogP contribution in [0.4, 0.5) is 11.4 Å². The van der Waals surface area contributed by atoms with Crippen molar-refractivity contribution in [2.75, 3.05) is 10.2 Å². The Hall–Kier alpha value is -2.99. The van der Waals surface area contributed by atoms with Gasteiger partial charge in [-0.3, -0.25) is 9.59 Å². The molecule has 3 atom stereocenters. The molecule has 2 aliphatic rings. The molecule has 1 aliphatic heterocycles. The maximum atomic E-state index is 12.9. The first-order chi connectivity index (χ1) is 13.1. The summed E-state index contributed by atoms with van der Waals surface area (Å²) in [5.74, 6) is -1.06. The second kappa shape index (κ2) is 7.32. The number of anilines is 2. The number of para-hydroxylation sites is 2. The second-order valence-electron chi connectivity index (χ2n) is 6.67. The summed E-state index contributed by atoms with van der Waals surface area (Å²) in [6, 6.07) is 18.6. The average molecular weight is 377 g/mol. The van der Waals surface area contributed by atoms with Crippen LogP contribution in [0, 0.1) is 11.8 Å². The van der Waals surface area contributed by atoms with E-state index in [0.717, 1.165) is 5.69 Å². The van der Waals surface area contributed by atoms with Gasteiger partial charge in [0.2, 0.25) is 11.8 Å². The summed E-state index contributed by atoms with van der Waals surface area (Å²) in [6.07, 6.45) is 4.30. The first-order valence-corrected chi connectivity index (χ1v) is 9.28. The van der Waals surface area contributed by atoms with Crippen LogP contribution in [0.3, 0.4) is 0 Å². The van der Waals surface area contributed by atoms with E-state index in [1.54, 1.807) is 12.1 Å². The standard InChI is InChI=1S/C21H19N3O2S/c25-19-17-12-11-15(23-21(27)22-14-7-3-1-4-8-14)13-18(17)20(26)24(19)16-9-5-2-6-10-16/h1-12,15,17-18H,13H2,(H2,22,23,27)/t15-,17+,18-/m0/s1. The molecule has 1 saturated heterocycles. The van der Waals surface area contributed by atoms with Crippen molar-refractivity contribution in [3.63, 3.8) is 0 Å². The second-order valence-corrected chi connectivity index (χ2v) is 7.08. The van der Waals surface area contributed by atoms with Crippen LogP contribution in [0.2, 0.25) is 0 Å². The van der Waals surface area contributed by atoms with Gasteiger partial charge in [-0.25, -0.2) is 4.90 Å². The van der Waals surface area contributed by atoms with E-state index in [1.807, 2.05) is 60.7 Å². The van der Waals surface area contributed by atoms with Crippen molar-refractivity contribution in [1.82, 2.24) is 5.32 Å². The third-order valence-corrected chi connectivity index (χ3v) is 5.12. The van der Waals surface area contributed by atoms with Gasteiger partial charge >= 0.3 is 0 Å². The lowest BCUT2D eigenvalue weighted by atomic mass is 9.84. The number of hydrogen-bond acceptors (Lipinski definition) is 3. The number of nitrogens with one attached hydrogen (secondary N) is 2. The Balaban J connectivity index is 1.44. The maximum Gasteiger partial charge on any atom is 0.241 e. The van der Waals surface area contributed by atoms with E-state index in [2.05, 4.69) is 10.6 Å². The lowest BCUT2D eigenvalue weighted by Gasteiger charge is -2.25. The molecule has 1 aliphatic carbocycles. The molecule has 2 aromatic carbocycles. The number of thiocarbonyl (C=S) groups is 1. The van der Waals surface area contributed by atoms with Crippen molar-refractivity contribution >= 4 is 40.5 Å². The molecule has 0 radical (unpaired) electrons. The zero-order valence-electron chi connectivity index (χ0n) is 14.5. The molecule has 0 bridgehead atoms. The van der Waals surface area contributed by atoms with Crippen LogP contribution >= 0.6 is 12.2 Å². The van der Waals surface area contributed by atoms with Crippen LogP contribution in [0.1, 0.15) is 6.42 Å². The molecule has 2 aromatic rings. The Bertz CT molecular complexity index is 898. The molecule has 0 saturated carbocycles. The molecular weight excluding hydrogens is 358 g/mol. The molecule has 27 heavy (non-hydrogen) atoms. The number of fused-ring (bicyclic) bond motifs is 1. The van der Waals surface area contributed by atoms with Gasteiger partial charge in [0.05, 0.1) is 17.5 Å². The third kappa shape index (κ3) is 3.48. The number of imide groups is 1. The Labute approximate surface area is 163 Å². The van der Waals surface area contributed by atoms with Gasteiger partial charge in [-0.2, -0.15) is 0 Å². The Morgan fingerprint density at radius 1 is 0.926 bits per heavy atom. The van der Waals surface area contributed by atoms with Gasteiger partial charge in [0.1, 0.15) is 0 Å². The van der Waals surface area contributed by atoms with Gasteiger partial charge in [-0.1, -0.05) is 48.6 Å². The molecule has 4 rings (SSSR count). The number of amides is 2. The van der Waals surface area contributed by atoms with E-state index in [1.165, 1.54) is 4.90 Å². The van der Waals surface area contributed by atoms with Gasteiger partial charge in [0.25, 0.3) is 0 Å². The number of rotatable bonds is 3. The summed E-state index contributed by atoms with van der Waals surface area (Å²) in [5.41, 5.74) is 1.52. The zero-order chi connectivity index (χ0) is 18.8. The van der Waals surface area contributed by atoms with Gasteiger partial charge in [-0.05, 0) is 42.9 Å². The quantitative estimate of drug-likeness (QED) is 0.489. The first kappa shape index (κ1) is 17.4. The fraction of sp³-hybridized carbons (Fsp3) is 0.190. The molecule has 5 nitrogen and oxygen atoms in total. The van der Waals surface area contributed by atoms with Crippen LogP contribution in [-0.4, -0.2) is 23.0 Å². The highest BCUT2D eigenvalue weighted by Gasteiger charge is 2.48. The summed E-state index contributed by atoms with van der Waals surface area (Å²) < 4.78 is 0. The third-order valence-electron chi connectivity index (χ3n) is 4.90. The summed E-state index contributed by atoms with van der Waals surface area (Å²) in [6.45, 7) is 0. The lowest BCUT2D eigenvalue weighted by Crippen LogP contribution is -2.41. The molecule has 136 valence electrons. The Morgan fingerprint density at radius 2 is 1.59 bits per heavy atom. The molecule has 1 heterocycles. The largest absolute Gasteiger partial charge is 0.356 e. The summed E-state index contributed by atoms with van der Waals surface area (Å²) in [4.78, 5) is 26.9. The molecule has 0 spiro atoms. The van der Waals surface area contributed by atoms with E-state index in [0.29, 0.717) is 17.2 Å². The minimum absolute atomic E-state index is 0.0950. The number of carbonyl (C=O) groups is 2.